The van der Waals surface area contributed by atoms with E-state index in [1.807, 2.05) is 12.1 Å². The van der Waals surface area contributed by atoms with Gasteiger partial charge in [0.05, 0.1) is 6.54 Å². The van der Waals surface area contributed by atoms with E-state index in [2.05, 4.69) is 21.2 Å². The van der Waals surface area contributed by atoms with Crippen LogP contribution in [0, 0.1) is 5.92 Å². The van der Waals surface area contributed by atoms with Crippen molar-refractivity contribution in [1.82, 2.24) is 10.2 Å². The second-order valence-electron chi connectivity index (χ2n) is 8.65. The minimum atomic E-state index is -1.12. The van der Waals surface area contributed by atoms with Gasteiger partial charge in [-0.25, -0.2) is 9.59 Å². The van der Waals surface area contributed by atoms with Crippen LogP contribution in [0.4, 0.5) is 4.79 Å². The van der Waals surface area contributed by atoms with E-state index in [-0.39, 0.29) is 18.9 Å². The Morgan fingerprint density at radius 3 is 2.30 bits per heavy atom. The number of amides is 2. The first-order valence-electron chi connectivity index (χ1n) is 9.82. The molecule has 9 heteroatoms. The van der Waals surface area contributed by atoms with Crippen molar-refractivity contribution in [3.63, 3.8) is 0 Å². The average Bonchev–Trinajstić information content (AvgIpc) is 3.03. The standard InChI is InChI=1S/C21H29BrN2O6/c1-12(2)17(19(26)27)23-18(25)16-10-15(29-14-8-6-13(22)7-9-14)11-24(16)20(28)30-21(3,4)5/h6-9,12,15-17H,10-11H2,1-5H3,(H,23,25)(H,26,27)/t15-,16-,17-/m0/s1. The summed E-state index contributed by atoms with van der Waals surface area (Å²) in [7, 11) is 0. The topological polar surface area (TPSA) is 105 Å². The number of rotatable bonds is 6. The van der Waals surface area contributed by atoms with E-state index in [0.29, 0.717) is 5.75 Å². The fourth-order valence-corrected chi connectivity index (χ4v) is 3.39. The van der Waals surface area contributed by atoms with Crippen molar-refractivity contribution in [2.45, 2.75) is 64.8 Å². The highest BCUT2D eigenvalue weighted by Gasteiger charge is 2.43. The Morgan fingerprint density at radius 1 is 1.20 bits per heavy atom. The molecule has 0 spiro atoms. The molecule has 1 saturated heterocycles. The Morgan fingerprint density at radius 2 is 1.80 bits per heavy atom. The van der Waals surface area contributed by atoms with Gasteiger partial charge in [0, 0.05) is 10.9 Å². The minimum absolute atomic E-state index is 0.155. The molecule has 0 unspecified atom stereocenters. The average molecular weight is 485 g/mol. The van der Waals surface area contributed by atoms with Crippen molar-refractivity contribution in [2.24, 2.45) is 5.92 Å². The van der Waals surface area contributed by atoms with Gasteiger partial charge in [-0.1, -0.05) is 29.8 Å². The molecule has 3 atom stereocenters. The minimum Gasteiger partial charge on any atom is -0.488 e. The summed E-state index contributed by atoms with van der Waals surface area (Å²) in [6.07, 6.45) is -0.844. The highest BCUT2D eigenvalue weighted by atomic mass is 79.9. The van der Waals surface area contributed by atoms with Gasteiger partial charge in [0.2, 0.25) is 5.91 Å². The van der Waals surface area contributed by atoms with Crippen LogP contribution < -0.4 is 10.1 Å². The number of carbonyl (C=O) groups excluding carboxylic acids is 2. The summed E-state index contributed by atoms with van der Waals surface area (Å²) in [5, 5.41) is 11.9. The quantitative estimate of drug-likeness (QED) is 0.640. The molecular formula is C21H29BrN2O6. The molecule has 2 rings (SSSR count). The third kappa shape index (κ3) is 6.62. The molecule has 2 amide bonds. The Hall–Kier alpha value is -2.29. The lowest BCUT2D eigenvalue weighted by Crippen LogP contribution is -2.53. The molecule has 30 heavy (non-hydrogen) atoms. The number of nitrogens with one attached hydrogen (secondary N) is 1. The first-order valence-corrected chi connectivity index (χ1v) is 10.6. The second kappa shape index (κ2) is 9.68. The molecule has 8 nitrogen and oxygen atoms in total. The van der Waals surface area contributed by atoms with Crippen molar-refractivity contribution in [2.75, 3.05) is 6.54 Å². The summed E-state index contributed by atoms with van der Waals surface area (Å²) in [6, 6.07) is 5.30. The summed E-state index contributed by atoms with van der Waals surface area (Å²) < 4.78 is 12.3. The second-order valence-corrected chi connectivity index (χ2v) is 9.56. The number of carboxylic acid groups (broad SMARTS) is 1. The number of nitrogens with zero attached hydrogens (tertiary/aromatic N) is 1. The van der Waals surface area contributed by atoms with Gasteiger partial charge < -0.3 is 19.9 Å². The molecule has 0 aliphatic carbocycles. The van der Waals surface area contributed by atoms with E-state index in [1.165, 1.54) is 4.90 Å². The van der Waals surface area contributed by atoms with Gasteiger partial charge in [-0.2, -0.15) is 0 Å². The van der Waals surface area contributed by atoms with E-state index in [4.69, 9.17) is 9.47 Å². The zero-order valence-corrected chi connectivity index (χ0v) is 19.4. The van der Waals surface area contributed by atoms with Crippen molar-refractivity contribution < 1.29 is 29.0 Å². The fourth-order valence-electron chi connectivity index (χ4n) is 3.12. The molecule has 0 bridgehead atoms. The summed E-state index contributed by atoms with van der Waals surface area (Å²) in [4.78, 5) is 38.4. The van der Waals surface area contributed by atoms with Crippen LogP contribution in [-0.4, -0.2) is 58.3 Å². The third-order valence-electron chi connectivity index (χ3n) is 4.54. The van der Waals surface area contributed by atoms with E-state index in [9.17, 15) is 19.5 Å². The van der Waals surface area contributed by atoms with Crippen LogP contribution in [0.1, 0.15) is 41.0 Å². The van der Waals surface area contributed by atoms with Crippen LogP contribution in [0.5, 0.6) is 5.75 Å². The maximum atomic E-state index is 12.9. The highest BCUT2D eigenvalue weighted by molar-refractivity contribution is 9.10. The van der Waals surface area contributed by atoms with E-state index >= 15 is 0 Å². The molecule has 0 radical (unpaired) electrons. The predicted octanol–water partition coefficient (Wildman–Crippen LogP) is 3.43. The van der Waals surface area contributed by atoms with Crippen LogP contribution in [0.25, 0.3) is 0 Å². The van der Waals surface area contributed by atoms with Gasteiger partial charge in [-0.05, 0) is 51.0 Å². The molecule has 1 heterocycles. The lowest BCUT2D eigenvalue weighted by molar-refractivity contribution is -0.143. The molecule has 1 fully saturated rings. The maximum absolute atomic E-state index is 12.9. The number of carbonyl (C=O) groups is 3. The summed E-state index contributed by atoms with van der Waals surface area (Å²) in [5.41, 5.74) is -0.732. The number of hydrogen-bond donors (Lipinski definition) is 2. The van der Waals surface area contributed by atoms with Crippen molar-refractivity contribution in [3.8, 4) is 5.75 Å². The molecule has 1 aromatic carbocycles. The van der Waals surface area contributed by atoms with E-state index in [0.717, 1.165) is 4.47 Å². The van der Waals surface area contributed by atoms with Gasteiger partial charge in [-0.3, -0.25) is 9.69 Å². The Bertz CT molecular complexity index is 775. The van der Waals surface area contributed by atoms with Gasteiger partial charge in [0.15, 0.2) is 0 Å². The predicted molar refractivity (Wildman–Crippen MR) is 114 cm³/mol. The van der Waals surface area contributed by atoms with E-state index < -0.39 is 41.8 Å². The van der Waals surface area contributed by atoms with Gasteiger partial charge >= 0.3 is 12.1 Å². The molecule has 2 N–H and O–H groups in total. The maximum Gasteiger partial charge on any atom is 0.411 e. The van der Waals surface area contributed by atoms with Crippen molar-refractivity contribution >= 4 is 33.9 Å². The molecule has 1 aliphatic heterocycles. The fraction of sp³-hybridized carbons (Fsp3) is 0.571. The first kappa shape index (κ1) is 24.0. The van der Waals surface area contributed by atoms with Crippen LogP contribution in [-0.2, 0) is 14.3 Å². The molecule has 166 valence electrons. The number of hydrogen-bond acceptors (Lipinski definition) is 5. The first-order chi connectivity index (χ1) is 13.9. The third-order valence-corrected chi connectivity index (χ3v) is 5.07. The number of carboxylic acids is 1. The van der Waals surface area contributed by atoms with Crippen LogP contribution in [0.3, 0.4) is 0 Å². The van der Waals surface area contributed by atoms with Crippen LogP contribution in [0.15, 0.2) is 28.7 Å². The number of ether oxygens (including phenoxy) is 2. The van der Waals surface area contributed by atoms with Crippen molar-refractivity contribution in [3.05, 3.63) is 28.7 Å². The lowest BCUT2D eigenvalue weighted by Gasteiger charge is -2.28. The van der Waals surface area contributed by atoms with Crippen molar-refractivity contribution in [1.29, 1.82) is 0 Å². The molecule has 0 saturated carbocycles. The van der Waals surface area contributed by atoms with Crippen LogP contribution in [0.2, 0.25) is 0 Å². The van der Waals surface area contributed by atoms with E-state index in [1.54, 1.807) is 46.8 Å². The molecule has 1 aromatic rings. The van der Waals surface area contributed by atoms with Gasteiger partial charge in [0.25, 0.3) is 0 Å². The zero-order valence-electron chi connectivity index (χ0n) is 17.8. The highest BCUT2D eigenvalue weighted by Crippen LogP contribution is 2.26. The Balaban J connectivity index is 2.19. The summed E-state index contributed by atoms with van der Waals surface area (Å²) in [6.45, 7) is 8.79. The Labute approximate surface area is 185 Å². The SMILES string of the molecule is CC(C)[C@H](NC(=O)[C@@H]1C[C@H](Oc2ccc(Br)cc2)CN1C(=O)OC(C)(C)C)C(=O)O. The number of likely N-dealkylation sites (tertiary alicyclic amines) is 1. The summed E-state index contributed by atoms with van der Waals surface area (Å²) >= 11 is 3.36. The summed E-state index contributed by atoms with van der Waals surface area (Å²) in [5.74, 6) is -1.36. The van der Waals surface area contributed by atoms with Gasteiger partial charge in [-0.15, -0.1) is 0 Å². The normalized spacial score (nSPS) is 20.0. The number of aliphatic carboxylic acids is 1. The van der Waals surface area contributed by atoms with Gasteiger partial charge in [0.1, 0.15) is 29.5 Å². The Kier molecular flexibility index (Phi) is 7.74. The molecular weight excluding hydrogens is 456 g/mol. The zero-order chi connectivity index (χ0) is 22.6. The number of benzene rings is 1. The monoisotopic (exact) mass is 484 g/mol. The van der Waals surface area contributed by atoms with Crippen LogP contribution >= 0.6 is 15.9 Å². The smallest absolute Gasteiger partial charge is 0.411 e. The lowest BCUT2D eigenvalue weighted by atomic mass is 10.0. The molecule has 1 aliphatic rings. The number of halogens is 1. The molecule has 0 aromatic heterocycles. The largest absolute Gasteiger partial charge is 0.488 e.